The monoisotopic (exact) mass is 531 g/mol. The van der Waals surface area contributed by atoms with Gasteiger partial charge in [0, 0.05) is 11.6 Å². The van der Waals surface area contributed by atoms with Crippen molar-refractivity contribution in [2.24, 2.45) is 0 Å². The van der Waals surface area contributed by atoms with Crippen molar-refractivity contribution in [3.8, 4) is 5.69 Å². The standard InChI is InChI=1S/C31H34ClN3O3/c1-3-5-11-19-34(29(36)22-38-21-23-13-7-6-8-14-23)28(4-2)30-33-27-18-10-9-17-26(27)31(37)35(30)25-16-12-15-24(32)20-25/h6-10,12-18,20,28H,3-5,11,19,21-22H2,1-2H3. The average Bonchev–Trinajstić information content (AvgIpc) is 2.93. The van der Waals surface area contributed by atoms with Gasteiger partial charge in [-0.05, 0) is 48.7 Å². The van der Waals surface area contributed by atoms with Gasteiger partial charge < -0.3 is 9.64 Å². The fourth-order valence-corrected chi connectivity index (χ4v) is 4.86. The molecule has 4 aromatic rings. The Labute approximate surface area is 228 Å². The molecule has 1 aromatic heterocycles. The Bertz CT molecular complexity index is 1420. The summed E-state index contributed by atoms with van der Waals surface area (Å²) < 4.78 is 7.43. The van der Waals surface area contributed by atoms with Crippen LogP contribution in [0.4, 0.5) is 0 Å². The smallest absolute Gasteiger partial charge is 0.266 e. The average molecular weight is 532 g/mol. The first-order chi connectivity index (χ1) is 18.5. The van der Waals surface area contributed by atoms with E-state index >= 15 is 0 Å². The maximum Gasteiger partial charge on any atom is 0.266 e. The van der Waals surface area contributed by atoms with Crippen LogP contribution >= 0.6 is 11.6 Å². The Kier molecular flexibility index (Phi) is 9.68. The zero-order valence-corrected chi connectivity index (χ0v) is 22.7. The fourth-order valence-electron chi connectivity index (χ4n) is 4.68. The van der Waals surface area contributed by atoms with Crippen molar-refractivity contribution >= 4 is 28.4 Å². The van der Waals surface area contributed by atoms with Gasteiger partial charge in [0.15, 0.2) is 0 Å². The van der Waals surface area contributed by atoms with Gasteiger partial charge in [0.25, 0.3) is 5.56 Å². The molecule has 0 aliphatic heterocycles. The highest BCUT2D eigenvalue weighted by Crippen LogP contribution is 2.27. The third-order valence-corrected chi connectivity index (χ3v) is 6.82. The molecule has 3 aromatic carbocycles. The quantitative estimate of drug-likeness (QED) is 0.190. The van der Waals surface area contributed by atoms with E-state index in [4.69, 9.17) is 21.3 Å². The number of nitrogens with zero attached hydrogens (tertiary/aromatic N) is 3. The van der Waals surface area contributed by atoms with Gasteiger partial charge in [-0.3, -0.25) is 14.2 Å². The molecule has 0 aliphatic carbocycles. The first-order valence-electron chi connectivity index (χ1n) is 13.2. The lowest BCUT2D eigenvalue weighted by Crippen LogP contribution is -2.41. The van der Waals surface area contributed by atoms with Crippen molar-refractivity contribution in [3.05, 3.63) is 106 Å². The van der Waals surface area contributed by atoms with Gasteiger partial charge in [-0.15, -0.1) is 0 Å². The number of fused-ring (bicyclic) bond motifs is 1. The zero-order valence-electron chi connectivity index (χ0n) is 22.0. The highest BCUT2D eigenvalue weighted by atomic mass is 35.5. The number of amides is 1. The van der Waals surface area contributed by atoms with Gasteiger partial charge in [0.2, 0.25) is 5.91 Å². The molecule has 0 bridgehead atoms. The number of halogens is 1. The highest BCUT2D eigenvalue weighted by Gasteiger charge is 2.29. The highest BCUT2D eigenvalue weighted by molar-refractivity contribution is 6.30. The summed E-state index contributed by atoms with van der Waals surface area (Å²) in [5.41, 5.74) is 2.05. The minimum absolute atomic E-state index is 0.0491. The zero-order chi connectivity index (χ0) is 26.9. The Balaban J connectivity index is 1.74. The third-order valence-electron chi connectivity index (χ3n) is 6.59. The molecule has 0 saturated carbocycles. The molecule has 1 amide bonds. The second-order valence-corrected chi connectivity index (χ2v) is 9.74. The largest absolute Gasteiger partial charge is 0.367 e. The SMILES string of the molecule is CCCCCN(C(=O)COCc1ccccc1)C(CC)c1nc2ccccc2c(=O)n1-c1cccc(Cl)c1. The van der Waals surface area contributed by atoms with Gasteiger partial charge in [-0.25, -0.2) is 4.98 Å². The van der Waals surface area contributed by atoms with Crippen molar-refractivity contribution in [2.45, 2.75) is 52.2 Å². The lowest BCUT2D eigenvalue weighted by Gasteiger charge is -2.32. The van der Waals surface area contributed by atoms with Crippen molar-refractivity contribution in [1.29, 1.82) is 0 Å². The molecule has 1 atom stereocenters. The second-order valence-electron chi connectivity index (χ2n) is 9.30. The van der Waals surface area contributed by atoms with Crippen LogP contribution in [0.25, 0.3) is 16.6 Å². The van der Waals surface area contributed by atoms with Gasteiger partial charge >= 0.3 is 0 Å². The van der Waals surface area contributed by atoms with E-state index < -0.39 is 6.04 Å². The number of unbranched alkanes of at least 4 members (excludes halogenated alkanes) is 2. The van der Waals surface area contributed by atoms with Crippen molar-refractivity contribution in [2.75, 3.05) is 13.2 Å². The minimum atomic E-state index is -0.420. The topological polar surface area (TPSA) is 64.4 Å². The van der Waals surface area contributed by atoms with Crippen molar-refractivity contribution in [1.82, 2.24) is 14.5 Å². The van der Waals surface area contributed by atoms with Gasteiger partial charge in [0.05, 0.1) is 29.2 Å². The predicted molar refractivity (Wildman–Crippen MR) is 153 cm³/mol. The molecule has 38 heavy (non-hydrogen) atoms. The van der Waals surface area contributed by atoms with Gasteiger partial charge in [0.1, 0.15) is 12.4 Å². The molecule has 6 nitrogen and oxygen atoms in total. The molecule has 0 radical (unpaired) electrons. The number of benzene rings is 3. The summed E-state index contributed by atoms with van der Waals surface area (Å²) in [7, 11) is 0. The lowest BCUT2D eigenvalue weighted by atomic mass is 10.1. The van der Waals surface area contributed by atoms with Crippen molar-refractivity contribution < 1.29 is 9.53 Å². The second kappa shape index (κ2) is 13.4. The van der Waals surface area contributed by atoms with Crippen LogP contribution in [0.3, 0.4) is 0 Å². The van der Waals surface area contributed by atoms with Gasteiger partial charge in [-0.1, -0.05) is 86.8 Å². The third kappa shape index (κ3) is 6.50. The lowest BCUT2D eigenvalue weighted by molar-refractivity contribution is -0.139. The summed E-state index contributed by atoms with van der Waals surface area (Å²) in [6.07, 6.45) is 3.47. The summed E-state index contributed by atoms with van der Waals surface area (Å²) in [5, 5.41) is 1.04. The number of para-hydroxylation sites is 1. The van der Waals surface area contributed by atoms with Crippen LogP contribution in [0.1, 0.15) is 57.0 Å². The molecule has 0 aliphatic rings. The van der Waals surface area contributed by atoms with Crippen LogP contribution < -0.4 is 5.56 Å². The fraction of sp³-hybridized carbons (Fsp3) is 0.323. The number of ether oxygens (including phenoxy) is 1. The van der Waals surface area contributed by atoms with Crippen LogP contribution in [0.2, 0.25) is 5.02 Å². The van der Waals surface area contributed by atoms with Crippen molar-refractivity contribution in [3.63, 3.8) is 0 Å². The minimum Gasteiger partial charge on any atom is -0.367 e. The molecule has 7 heteroatoms. The van der Waals surface area contributed by atoms with Crippen LogP contribution in [0.5, 0.6) is 0 Å². The van der Waals surface area contributed by atoms with E-state index in [0.29, 0.717) is 47.0 Å². The molecular weight excluding hydrogens is 498 g/mol. The number of hydrogen-bond acceptors (Lipinski definition) is 4. The molecule has 1 unspecified atom stereocenters. The number of carbonyl (C=O) groups excluding carboxylic acids is 1. The first-order valence-corrected chi connectivity index (χ1v) is 13.6. The van der Waals surface area contributed by atoms with E-state index in [-0.39, 0.29) is 18.1 Å². The van der Waals surface area contributed by atoms with E-state index in [2.05, 4.69) is 6.92 Å². The first kappa shape index (κ1) is 27.6. The van der Waals surface area contributed by atoms with E-state index in [1.54, 1.807) is 22.8 Å². The van der Waals surface area contributed by atoms with Gasteiger partial charge in [-0.2, -0.15) is 0 Å². The molecule has 198 valence electrons. The maximum absolute atomic E-state index is 13.8. The molecule has 4 rings (SSSR count). The summed E-state index contributed by atoms with van der Waals surface area (Å²) in [6.45, 7) is 5.01. The summed E-state index contributed by atoms with van der Waals surface area (Å²) in [6, 6.07) is 23.9. The summed E-state index contributed by atoms with van der Waals surface area (Å²) in [5.74, 6) is 0.398. The Hall–Kier alpha value is -3.48. The van der Waals surface area contributed by atoms with E-state index in [1.807, 2.05) is 72.5 Å². The number of carbonyl (C=O) groups is 1. The maximum atomic E-state index is 13.8. The van der Waals surface area contributed by atoms with Crippen LogP contribution in [-0.2, 0) is 16.1 Å². The van der Waals surface area contributed by atoms with E-state index in [1.165, 1.54) is 0 Å². The normalized spacial score (nSPS) is 12.0. The van der Waals surface area contributed by atoms with E-state index in [9.17, 15) is 9.59 Å². The Morgan fingerprint density at radius 3 is 2.50 bits per heavy atom. The molecule has 0 N–H and O–H groups in total. The summed E-state index contributed by atoms with van der Waals surface area (Å²) >= 11 is 6.32. The molecule has 1 heterocycles. The van der Waals surface area contributed by atoms with Crippen LogP contribution in [0.15, 0.2) is 83.7 Å². The molecular formula is C31H34ClN3O3. The van der Waals surface area contributed by atoms with Crippen LogP contribution in [0, 0.1) is 0 Å². The Morgan fingerprint density at radius 2 is 1.76 bits per heavy atom. The number of rotatable bonds is 12. The molecule has 0 saturated heterocycles. The predicted octanol–water partition coefficient (Wildman–Crippen LogP) is 6.73. The summed E-state index contributed by atoms with van der Waals surface area (Å²) in [4.78, 5) is 34.2. The number of aromatic nitrogens is 2. The molecule has 0 spiro atoms. The molecule has 0 fully saturated rings. The van der Waals surface area contributed by atoms with E-state index in [0.717, 1.165) is 24.8 Å². The number of hydrogen-bond donors (Lipinski definition) is 0. The Morgan fingerprint density at radius 1 is 1.00 bits per heavy atom. The van der Waals surface area contributed by atoms with Crippen LogP contribution in [-0.4, -0.2) is 33.5 Å².